The van der Waals surface area contributed by atoms with Gasteiger partial charge in [-0.05, 0) is 20.3 Å². The molecule has 90 valence electrons. The van der Waals surface area contributed by atoms with Crippen molar-refractivity contribution in [2.75, 3.05) is 24.2 Å². The number of nitrogen functional groups attached to an aromatic ring is 1. The Bertz CT molecular complexity index is 331. The molecule has 0 spiro atoms. The lowest BCUT2D eigenvalue weighted by Crippen LogP contribution is -2.10. The second-order valence-corrected chi connectivity index (χ2v) is 3.67. The van der Waals surface area contributed by atoms with E-state index in [4.69, 9.17) is 10.5 Å². The van der Waals surface area contributed by atoms with Crippen molar-refractivity contribution in [3.8, 4) is 5.88 Å². The lowest BCUT2D eigenvalue weighted by Gasteiger charge is -2.08. The maximum absolute atomic E-state index is 9.23. The lowest BCUT2D eigenvalue weighted by molar-refractivity contribution is 0.0787. The van der Waals surface area contributed by atoms with Gasteiger partial charge in [0.05, 0.1) is 12.3 Å². The van der Waals surface area contributed by atoms with Crippen LogP contribution >= 0.6 is 0 Å². The molecule has 0 saturated carbocycles. The molecule has 1 aromatic rings. The molecule has 0 unspecified atom stereocenters. The van der Waals surface area contributed by atoms with Crippen LogP contribution in [0.3, 0.4) is 0 Å². The largest absolute Gasteiger partial charge is 0.492 e. The number of nitrogens with zero attached hydrogens (tertiary/aromatic N) is 2. The highest BCUT2D eigenvalue weighted by Crippen LogP contribution is 2.15. The van der Waals surface area contributed by atoms with Crippen LogP contribution in [0.2, 0.25) is 0 Å². The third-order valence-electron chi connectivity index (χ3n) is 1.85. The SMILES string of the molecule is CC(C)OCCCNc1ncc(N)c(O)n1. The maximum atomic E-state index is 9.23. The van der Waals surface area contributed by atoms with Crippen LogP contribution in [-0.4, -0.2) is 34.3 Å². The van der Waals surface area contributed by atoms with Crippen molar-refractivity contribution in [3.05, 3.63) is 6.20 Å². The Morgan fingerprint density at radius 3 is 2.94 bits per heavy atom. The summed E-state index contributed by atoms with van der Waals surface area (Å²) in [6.45, 7) is 5.37. The third kappa shape index (κ3) is 4.31. The second-order valence-electron chi connectivity index (χ2n) is 3.67. The Hall–Kier alpha value is -1.56. The predicted molar refractivity (Wildman–Crippen MR) is 62.3 cm³/mol. The first-order valence-corrected chi connectivity index (χ1v) is 5.26. The highest BCUT2D eigenvalue weighted by Gasteiger charge is 2.01. The minimum absolute atomic E-state index is 0.175. The molecule has 0 aromatic carbocycles. The Kier molecular flexibility index (Phi) is 4.78. The molecule has 1 aromatic heterocycles. The summed E-state index contributed by atoms with van der Waals surface area (Å²) in [5.41, 5.74) is 5.55. The molecule has 0 amide bonds. The van der Waals surface area contributed by atoms with Crippen LogP contribution in [-0.2, 0) is 4.74 Å². The number of rotatable bonds is 6. The molecular weight excluding hydrogens is 208 g/mol. The highest BCUT2D eigenvalue weighted by atomic mass is 16.5. The second kappa shape index (κ2) is 6.12. The number of nitrogens with one attached hydrogen (secondary N) is 1. The number of nitrogens with two attached hydrogens (primary N) is 1. The Morgan fingerprint density at radius 2 is 2.31 bits per heavy atom. The first-order valence-electron chi connectivity index (χ1n) is 5.26. The van der Waals surface area contributed by atoms with E-state index in [0.717, 1.165) is 6.42 Å². The van der Waals surface area contributed by atoms with Gasteiger partial charge < -0.3 is 20.9 Å². The van der Waals surface area contributed by atoms with E-state index >= 15 is 0 Å². The standard InChI is InChI=1S/C10H18N4O2/c1-7(2)16-5-3-4-12-10-13-6-8(11)9(15)14-10/h6-7H,3-5,11H2,1-2H3,(H2,12,13,14,15). The minimum atomic E-state index is -0.198. The van der Waals surface area contributed by atoms with Crippen molar-refractivity contribution >= 4 is 11.6 Å². The highest BCUT2D eigenvalue weighted by molar-refractivity contribution is 5.47. The fourth-order valence-electron chi connectivity index (χ4n) is 1.06. The molecule has 1 heterocycles. The molecule has 4 N–H and O–H groups in total. The van der Waals surface area contributed by atoms with Crippen LogP contribution in [0.5, 0.6) is 5.88 Å². The van der Waals surface area contributed by atoms with E-state index in [2.05, 4.69) is 15.3 Å². The van der Waals surface area contributed by atoms with Gasteiger partial charge in [0.25, 0.3) is 0 Å². The summed E-state index contributed by atoms with van der Waals surface area (Å²) >= 11 is 0. The Labute approximate surface area is 94.9 Å². The average molecular weight is 226 g/mol. The zero-order chi connectivity index (χ0) is 12.0. The van der Waals surface area contributed by atoms with Gasteiger partial charge in [-0.2, -0.15) is 4.98 Å². The van der Waals surface area contributed by atoms with Crippen molar-refractivity contribution < 1.29 is 9.84 Å². The van der Waals surface area contributed by atoms with E-state index in [1.54, 1.807) is 0 Å². The van der Waals surface area contributed by atoms with Crippen LogP contribution in [0.1, 0.15) is 20.3 Å². The summed E-state index contributed by atoms with van der Waals surface area (Å²) in [5.74, 6) is 0.173. The van der Waals surface area contributed by atoms with Gasteiger partial charge in [0, 0.05) is 13.2 Å². The predicted octanol–water partition coefficient (Wildman–Crippen LogP) is 0.991. The summed E-state index contributed by atoms with van der Waals surface area (Å²) in [6.07, 6.45) is 2.47. The van der Waals surface area contributed by atoms with Gasteiger partial charge in [0.15, 0.2) is 0 Å². The van der Waals surface area contributed by atoms with Crippen molar-refractivity contribution in [2.45, 2.75) is 26.4 Å². The summed E-state index contributed by atoms with van der Waals surface area (Å²) in [6, 6.07) is 0. The zero-order valence-corrected chi connectivity index (χ0v) is 9.60. The van der Waals surface area contributed by atoms with E-state index < -0.39 is 0 Å². The van der Waals surface area contributed by atoms with E-state index in [1.165, 1.54) is 6.20 Å². The van der Waals surface area contributed by atoms with Crippen LogP contribution in [0.15, 0.2) is 6.20 Å². The monoisotopic (exact) mass is 226 g/mol. The third-order valence-corrected chi connectivity index (χ3v) is 1.85. The van der Waals surface area contributed by atoms with E-state index in [1.807, 2.05) is 13.8 Å². The zero-order valence-electron chi connectivity index (χ0n) is 9.60. The number of aromatic hydroxyl groups is 1. The van der Waals surface area contributed by atoms with Gasteiger partial charge in [0.2, 0.25) is 11.8 Å². The first kappa shape index (κ1) is 12.5. The number of hydrogen-bond acceptors (Lipinski definition) is 6. The number of ether oxygens (including phenoxy) is 1. The smallest absolute Gasteiger partial charge is 0.239 e. The molecule has 0 bridgehead atoms. The summed E-state index contributed by atoms with van der Waals surface area (Å²) < 4.78 is 5.37. The minimum Gasteiger partial charge on any atom is -0.492 e. The van der Waals surface area contributed by atoms with Crippen molar-refractivity contribution in [2.24, 2.45) is 0 Å². The summed E-state index contributed by atoms with van der Waals surface area (Å²) in [7, 11) is 0. The maximum Gasteiger partial charge on any atom is 0.239 e. The molecule has 0 aliphatic heterocycles. The summed E-state index contributed by atoms with van der Waals surface area (Å²) in [4.78, 5) is 7.70. The molecule has 0 aliphatic carbocycles. The average Bonchev–Trinajstić information content (AvgIpc) is 2.22. The molecule has 0 fully saturated rings. The molecule has 1 rings (SSSR count). The normalized spacial score (nSPS) is 10.7. The fraction of sp³-hybridized carbons (Fsp3) is 0.600. The van der Waals surface area contributed by atoms with Gasteiger partial charge >= 0.3 is 0 Å². The van der Waals surface area contributed by atoms with Crippen molar-refractivity contribution in [1.29, 1.82) is 0 Å². The van der Waals surface area contributed by atoms with Gasteiger partial charge in [-0.1, -0.05) is 0 Å². The summed E-state index contributed by atoms with van der Waals surface area (Å²) in [5, 5.41) is 12.2. The van der Waals surface area contributed by atoms with Crippen LogP contribution < -0.4 is 11.1 Å². The Balaban J connectivity index is 2.24. The van der Waals surface area contributed by atoms with Gasteiger partial charge in [-0.3, -0.25) is 0 Å². The molecule has 0 saturated heterocycles. The molecule has 6 heteroatoms. The fourth-order valence-corrected chi connectivity index (χ4v) is 1.06. The van der Waals surface area contributed by atoms with Crippen LogP contribution in [0, 0.1) is 0 Å². The number of aromatic nitrogens is 2. The van der Waals surface area contributed by atoms with Gasteiger partial charge in [-0.25, -0.2) is 4.98 Å². The topological polar surface area (TPSA) is 93.3 Å². The number of hydrogen-bond donors (Lipinski definition) is 3. The van der Waals surface area contributed by atoms with Crippen LogP contribution in [0.25, 0.3) is 0 Å². The quantitative estimate of drug-likeness (QED) is 0.626. The number of anilines is 2. The van der Waals surface area contributed by atoms with Crippen LogP contribution in [0.4, 0.5) is 11.6 Å². The molecule has 0 aliphatic rings. The first-order chi connectivity index (χ1) is 7.59. The molecule has 0 radical (unpaired) electrons. The van der Waals surface area contributed by atoms with Crippen molar-refractivity contribution in [1.82, 2.24) is 9.97 Å². The lowest BCUT2D eigenvalue weighted by atomic mass is 10.4. The van der Waals surface area contributed by atoms with Crippen molar-refractivity contribution in [3.63, 3.8) is 0 Å². The van der Waals surface area contributed by atoms with Gasteiger partial charge in [-0.15, -0.1) is 0 Å². The van der Waals surface area contributed by atoms with Gasteiger partial charge in [0.1, 0.15) is 5.69 Å². The molecule has 6 nitrogen and oxygen atoms in total. The Morgan fingerprint density at radius 1 is 1.56 bits per heavy atom. The van der Waals surface area contributed by atoms with E-state index in [9.17, 15) is 5.11 Å². The van der Waals surface area contributed by atoms with E-state index in [-0.39, 0.29) is 17.7 Å². The molecule has 0 atom stereocenters. The molecule has 16 heavy (non-hydrogen) atoms. The van der Waals surface area contributed by atoms with E-state index in [0.29, 0.717) is 19.1 Å². The molecular formula is C10H18N4O2.